The molecule has 0 aliphatic rings. The Balaban J connectivity index is 2.19. The number of halogens is 2. The van der Waals surface area contributed by atoms with Gasteiger partial charge in [-0.3, -0.25) is 0 Å². The lowest BCUT2D eigenvalue weighted by Crippen LogP contribution is -2.33. The van der Waals surface area contributed by atoms with Gasteiger partial charge >= 0.3 is 0 Å². The maximum absolute atomic E-state index is 6.15. The van der Waals surface area contributed by atoms with Crippen LogP contribution in [0.3, 0.4) is 0 Å². The minimum atomic E-state index is 0.0919. The van der Waals surface area contributed by atoms with Crippen LogP contribution < -0.4 is 4.90 Å². The van der Waals surface area contributed by atoms with Crippen LogP contribution in [-0.2, 0) is 0 Å². The lowest BCUT2D eigenvalue weighted by Gasteiger charge is -2.27. The van der Waals surface area contributed by atoms with E-state index in [4.69, 9.17) is 23.2 Å². The van der Waals surface area contributed by atoms with Crippen LogP contribution in [0.2, 0.25) is 0 Å². The molecule has 3 heteroatoms. The van der Waals surface area contributed by atoms with Crippen LogP contribution in [-0.4, -0.2) is 23.8 Å². The first-order valence-electron chi connectivity index (χ1n) is 7.25. The second-order valence-corrected chi connectivity index (χ2v) is 6.87. The van der Waals surface area contributed by atoms with Crippen molar-refractivity contribution in [2.75, 3.05) is 18.0 Å². The Morgan fingerprint density at radius 1 is 0.762 bits per heavy atom. The summed E-state index contributed by atoms with van der Waals surface area (Å²) in [6.45, 7) is 5.60. The molecule has 2 aromatic carbocycles. The molecule has 2 rings (SSSR count). The number of benzene rings is 2. The van der Waals surface area contributed by atoms with Crippen LogP contribution in [0.1, 0.15) is 13.8 Å². The number of alkyl halides is 2. The topological polar surface area (TPSA) is 3.24 Å². The molecule has 1 nitrogen and oxygen atoms in total. The quantitative estimate of drug-likeness (QED) is 0.642. The monoisotopic (exact) mass is 321 g/mol. The molecule has 0 N–H and O–H groups in total. The molecule has 0 amide bonds. The Morgan fingerprint density at radius 2 is 1.24 bits per heavy atom. The van der Waals surface area contributed by atoms with Gasteiger partial charge in [0.15, 0.2) is 0 Å². The van der Waals surface area contributed by atoms with E-state index in [9.17, 15) is 0 Å². The molecule has 0 saturated carbocycles. The van der Waals surface area contributed by atoms with Crippen LogP contribution in [0.15, 0.2) is 54.6 Å². The molecule has 0 bridgehead atoms. The van der Waals surface area contributed by atoms with E-state index in [1.807, 2.05) is 19.9 Å². The van der Waals surface area contributed by atoms with Crippen molar-refractivity contribution in [2.24, 2.45) is 0 Å². The maximum Gasteiger partial charge on any atom is 0.0483 e. The third-order valence-electron chi connectivity index (χ3n) is 3.28. The number of hydrogen-bond donors (Lipinski definition) is 0. The molecule has 0 heterocycles. The van der Waals surface area contributed by atoms with E-state index < -0.39 is 0 Å². The summed E-state index contributed by atoms with van der Waals surface area (Å²) < 4.78 is 0. The molecular formula is C18H21Cl2N. The normalized spacial score (nSPS) is 13.7. The van der Waals surface area contributed by atoms with Crippen LogP contribution in [0.5, 0.6) is 0 Å². The van der Waals surface area contributed by atoms with E-state index >= 15 is 0 Å². The fourth-order valence-corrected chi connectivity index (χ4v) is 2.72. The molecule has 0 aliphatic carbocycles. The minimum Gasteiger partial charge on any atom is -0.369 e. The van der Waals surface area contributed by atoms with Gasteiger partial charge in [-0.05, 0) is 37.1 Å². The van der Waals surface area contributed by atoms with E-state index in [0.717, 1.165) is 18.8 Å². The van der Waals surface area contributed by atoms with Gasteiger partial charge in [0.1, 0.15) is 0 Å². The maximum atomic E-state index is 6.15. The fourth-order valence-electron chi connectivity index (χ4n) is 2.39. The third-order valence-corrected chi connectivity index (χ3v) is 3.56. The summed E-state index contributed by atoms with van der Waals surface area (Å²) in [4.78, 5) is 2.24. The highest BCUT2D eigenvalue weighted by Gasteiger charge is 2.12. The molecule has 112 valence electrons. The van der Waals surface area contributed by atoms with Crippen LogP contribution in [0.25, 0.3) is 11.1 Å². The van der Waals surface area contributed by atoms with Gasteiger partial charge in [-0.1, -0.05) is 42.5 Å². The zero-order chi connectivity index (χ0) is 15.2. The average Bonchev–Trinajstić information content (AvgIpc) is 2.47. The van der Waals surface area contributed by atoms with Gasteiger partial charge in [-0.2, -0.15) is 0 Å². The van der Waals surface area contributed by atoms with E-state index in [2.05, 4.69) is 53.4 Å². The Bertz CT molecular complexity index is 525. The average molecular weight is 322 g/mol. The number of hydrogen-bond acceptors (Lipinski definition) is 1. The summed E-state index contributed by atoms with van der Waals surface area (Å²) in [6.07, 6.45) is 0. The molecule has 2 aromatic rings. The van der Waals surface area contributed by atoms with Crippen molar-refractivity contribution in [1.29, 1.82) is 0 Å². The van der Waals surface area contributed by atoms with E-state index in [1.165, 1.54) is 11.1 Å². The summed E-state index contributed by atoms with van der Waals surface area (Å²) in [5.74, 6) is 0. The summed E-state index contributed by atoms with van der Waals surface area (Å²) in [5, 5.41) is 0.184. The summed E-state index contributed by atoms with van der Waals surface area (Å²) in [6, 6.07) is 19.0. The Labute approximate surface area is 137 Å². The van der Waals surface area contributed by atoms with Gasteiger partial charge in [0.05, 0.1) is 0 Å². The fraction of sp³-hybridized carbons (Fsp3) is 0.333. The largest absolute Gasteiger partial charge is 0.369 e. The first-order chi connectivity index (χ1) is 10.1. The molecule has 0 radical (unpaired) electrons. The highest BCUT2D eigenvalue weighted by molar-refractivity contribution is 6.21. The van der Waals surface area contributed by atoms with Gasteiger partial charge in [0.25, 0.3) is 0 Å². The summed E-state index contributed by atoms with van der Waals surface area (Å²) >= 11 is 12.3. The predicted octanol–water partition coefficient (Wildman–Crippen LogP) is 5.41. The summed E-state index contributed by atoms with van der Waals surface area (Å²) in [7, 11) is 0. The lowest BCUT2D eigenvalue weighted by molar-refractivity contribution is 0.753. The molecule has 0 fully saturated rings. The standard InChI is InChI=1S/C18H21Cl2N/c1-14(19)12-21(13-15(2)20)18-10-8-17(9-11-18)16-6-4-3-5-7-16/h3-11,14-15H,12-13H2,1-2H3/t14-,15-/m1/s1. The Morgan fingerprint density at radius 3 is 1.71 bits per heavy atom. The lowest BCUT2D eigenvalue weighted by atomic mass is 10.1. The SMILES string of the molecule is C[C@@H](Cl)CN(C[C@@H](C)Cl)c1ccc(-c2ccccc2)cc1. The highest BCUT2D eigenvalue weighted by Crippen LogP contribution is 2.24. The zero-order valence-corrected chi connectivity index (χ0v) is 14.0. The zero-order valence-electron chi connectivity index (χ0n) is 12.5. The number of anilines is 1. The van der Waals surface area contributed by atoms with Crippen LogP contribution in [0, 0.1) is 0 Å². The van der Waals surface area contributed by atoms with Gasteiger partial charge < -0.3 is 4.90 Å². The van der Waals surface area contributed by atoms with Crippen LogP contribution >= 0.6 is 23.2 Å². The van der Waals surface area contributed by atoms with Gasteiger partial charge in [-0.15, -0.1) is 23.2 Å². The first-order valence-corrected chi connectivity index (χ1v) is 8.12. The molecular weight excluding hydrogens is 301 g/mol. The Kier molecular flexibility index (Phi) is 5.96. The van der Waals surface area contributed by atoms with Crippen molar-refractivity contribution < 1.29 is 0 Å². The Hall–Kier alpha value is -1.18. The van der Waals surface area contributed by atoms with Crippen LogP contribution in [0.4, 0.5) is 5.69 Å². The van der Waals surface area contributed by atoms with Gasteiger partial charge in [-0.25, -0.2) is 0 Å². The molecule has 0 unspecified atom stereocenters. The van der Waals surface area contributed by atoms with Crippen molar-refractivity contribution in [2.45, 2.75) is 24.6 Å². The molecule has 0 spiro atoms. The van der Waals surface area contributed by atoms with Gasteiger partial charge in [0, 0.05) is 29.5 Å². The molecule has 21 heavy (non-hydrogen) atoms. The number of rotatable bonds is 6. The second-order valence-electron chi connectivity index (χ2n) is 5.38. The van der Waals surface area contributed by atoms with Crippen molar-refractivity contribution in [3.05, 3.63) is 54.6 Å². The molecule has 0 aromatic heterocycles. The van der Waals surface area contributed by atoms with Crippen molar-refractivity contribution in [3.63, 3.8) is 0 Å². The van der Waals surface area contributed by atoms with Gasteiger partial charge in [0.2, 0.25) is 0 Å². The smallest absolute Gasteiger partial charge is 0.0483 e. The van der Waals surface area contributed by atoms with E-state index in [-0.39, 0.29) is 10.8 Å². The van der Waals surface area contributed by atoms with E-state index in [0.29, 0.717) is 0 Å². The molecule has 0 saturated heterocycles. The van der Waals surface area contributed by atoms with Crippen molar-refractivity contribution in [3.8, 4) is 11.1 Å². The summed E-state index contributed by atoms with van der Waals surface area (Å²) in [5.41, 5.74) is 3.61. The minimum absolute atomic E-state index is 0.0919. The second kappa shape index (κ2) is 7.72. The number of nitrogens with zero attached hydrogens (tertiary/aromatic N) is 1. The third kappa shape index (κ3) is 4.94. The predicted molar refractivity (Wildman–Crippen MR) is 94.7 cm³/mol. The molecule has 0 aliphatic heterocycles. The van der Waals surface area contributed by atoms with E-state index in [1.54, 1.807) is 0 Å². The highest BCUT2D eigenvalue weighted by atomic mass is 35.5. The van der Waals surface area contributed by atoms with Crippen molar-refractivity contribution >= 4 is 28.9 Å². The molecule has 2 atom stereocenters. The van der Waals surface area contributed by atoms with Crippen molar-refractivity contribution in [1.82, 2.24) is 0 Å². The first kappa shape index (κ1) is 16.2.